The van der Waals surface area contributed by atoms with Gasteiger partial charge in [0.25, 0.3) is 0 Å². The van der Waals surface area contributed by atoms with Gasteiger partial charge in [0.15, 0.2) is 0 Å². The van der Waals surface area contributed by atoms with Gasteiger partial charge in [-0.25, -0.2) is 9.37 Å². The van der Waals surface area contributed by atoms with Crippen molar-refractivity contribution in [1.82, 2.24) is 9.97 Å². The van der Waals surface area contributed by atoms with Crippen molar-refractivity contribution < 1.29 is 4.39 Å². The minimum absolute atomic E-state index is 0.177. The molecule has 2 aromatic carbocycles. The molecule has 3 rings (SSSR count). The first kappa shape index (κ1) is 17.9. The number of anilines is 2. The Balaban J connectivity index is 1.78. The van der Waals surface area contributed by atoms with Gasteiger partial charge in [0.05, 0.1) is 5.69 Å². The van der Waals surface area contributed by atoms with E-state index in [9.17, 15) is 4.39 Å². The van der Waals surface area contributed by atoms with Gasteiger partial charge in [0.2, 0.25) is 5.95 Å². The second-order valence-corrected chi connectivity index (χ2v) is 6.40. The smallest absolute Gasteiger partial charge is 0.225 e. The number of hydrogen-bond acceptors (Lipinski definition) is 4. The Morgan fingerprint density at radius 2 is 1.69 bits per heavy atom. The molecule has 0 saturated heterocycles. The standard InChI is InChI=1S/C21H23FN4/c1-15(2)24-21-25-19(17-9-4-3-5-10-17)14-20(26-21)23-13-12-16-8-6-7-11-18(16)22/h3-11,14-15H,12-13H2,1-2H3,(H2,23,24,25,26). The number of halogens is 1. The summed E-state index contributed by atoms with van der Waals surface area (Å²) in [6.07, 6.45) is 0.588. The highest BCUT2D eigenvalue weighted by atomic mass is 19.1. The highest BCUT2D eigenvalue weighted by Crippen LogP contribution is 2.21. The molecular weight excluding hydrogens is 327 g/mol. The number of rotatable bonds is 7. The van der Waals surface area contributed by atoms with Crippen LogP contribution >= 0.6 is 0 Å². The van der Waals surface area contributed by atoms with E-state index in [-0.39, 0.29) is 11.9 Å². The fraction of sp³-hybridized carbons (Fsp3) is 0.238. The normalized spacial score (nSPS) is 10.8. The van der Waals surface area contributed by atoms with Crippen LogP contribution in [0.25, 0.3) is 11.3 Å². The van der Waals surface area contributed by atoms with E-state index in [1.54, 1.807) is 12.1 Å². The predicted octanol–water partition coefficient (Wildman–Crippen LogP) is 4.76. The highest BCUT2D eigenvalue weighted by Gasteiger charge is 2.08. The molecule has 1 aromatic heterocycles. The molecule has 0 aliphatic heterocycles. The molecule has 0 aliphatic rings. The zero-order chi connectivity index (χ0) is 18.4. The first-order valence-corrected chi connectivity index (χ1v) is 8.80. The zero-order valence-corrected chi connectivity index (χ0v) is 15.0. The van der Waals surface area contributed by atoms with E-state index in [1.807, 2.05) is 56.3 Å². The first-order chi connectivity index (χ1) is 12.6. The molecule has 5 heteroatoms. The Bertz CT molecular complexity index is 850. The lowest BCUT2D eigenvalue weighted by Gasteiger charge is -2.13. The maximum Gasteiger partial charge on any atom is 0.225 e. The molecule has 0 spiro atoms. The van der Waals surface area contributed by atoms with Crippen LogP contribution < -0.4 is 10.6 Å². The Kier molecular flexibility index (Phi) is 5.79. The summed E-state index contributed by atoms with van der Waals surface area (Å²) in [5.41, 5.74) is 2.56. The van der Waals surface area contributed by atoms with Gasteiger partial charge in [-0.15, -0.1) is 0 Å². The molecule has 0 fully saturated rings. The van der Waals surface area contributed by atoms with Crippen molar-refractivity contribution in [1.29, 1.82) is 0 Å². The lowest BCUT2D eigenvalue weighted by atomic mass is 10.1. The lowest BCUT2D eigenvalue weighted by molar-refractivity contribution is 0.610. The quantitative estimate of drug-likeness (QED) is 0.645. The van der Waals surface area contributed by atoms with Gasteiger partial charge in [-0.05, 0) is 31.9 Å². The van der Waals surface area contributed by atoms with Crippen molar-refractivity contribution in [2.24, 2.45) is 0 Å². The molecule has 0 saturated carbocycles. The summed E-state index contributed by atoms with van der Waals surface area (Å²) < 4.78 is 13.7. The van der Waals surface area contributed by atoms with Gasteiger partial charge in [0.1, 0.15) is 11.6 Å². The summed E-state index contributed by atoms with van der Waals surface area (Å²) >= 11 is 0. The van der Waals surface area contributed by atoms with E-state index in [0.717, 1.165) is 17.1 Å². The molecule has 134 valence electrons. The third kappa shape index (κ3) is 4.79. The van der Waals surface area contributed by atoms with Gasteiger partial charge >= 0.3 is 0 Å². The zero-order valence-electron chi connectivity index (χ0n) is 15.0. The SMILES string of the molecule is CC(C)Nc1nc(NCCc2ccccc2F)cc(-c2ccccc2)n1. The minimum Gasteiger partial charge on any atom is -0.370 e. The second kappa shape index (κ2) is 8.43. The predicted molar refractivity (Wildman–Crippen MR) is 105 cm³/mol. The number of nitrogens with zero attached hydrogens (tertiary/aromatic N) is 2. The molecule has 1 heterocycles. The number of benzene rings is 2. The van der Waals surface area contributed by atoms with Crippen LogP contribution in [0.1, 0.15) is 19.4 Å². The third-order valence-electron chi connectivity index (χ3n) is 3.87. The molecule has 0 radical (unpaired) electrons. The average Bonchev–Trinajstić information content (AvgIpc) is 2.63. The summed E-state index contributed by atoms with van der Waals surface area (Å²) in [5.74, 6) is 1.12. The Hall–Kier alpha value is -2.95. The summed E-state index contributed by atoms with van der Waals surface area (Å²) in [4.78, 5) is 9.13. The van der Waals surface area contributed by atoms with Crippen LogP contribution in [0, 0.1) is 5.82 Å². The average molecular weight is 350 g/mol. The molecular formula is C21H23FN4. The van der Waals surface area contributed by atoms with Crippen LogP contribution in [0.3, 0.4) is 0 Å². The molecule has 26 heavy (non-hydrogen) atoms. The summed E-state index contributed by atoms with van der Waals surface area (Å²) in [6, 6.07) is 19.0. The Morgan fingerprint density at radius 3 is 2.42 bits per heavy atom. The van der Waals surface area contributed by atoms with E-state index >= 15 is 0 Å². The first-order valence-electron chi connectivity index (χ1n) is 8.80. The second-order valence-electron chi connectivity index (χ2n) is 6.40. The van der Waals surface area contributed by atoms with E-state index < -0.39 is 0 Å². The number of nitrogens with one attached hydrogen (secondary N) is 2. The van der Waals surface area contributed by atoms with Crippen molar-refractivity contribution >= 4 is 11.8 Å². The van der Waals surface area contributed by atoms with Crippen LogP contribution in [0.4, 0.5) is 16.2 Å². The summed E-state index contributed by atoms with van der Waals surface area (Å²) in [6.45, 7) is 4.68. The van der Waals surface area contributed by atoms with Gasteiger partial charge in [-0.3, -0.25) is 0 Å². The van der Waals surface area contributed by atoms with E-state index in [4.69, 9.17) is 0 Å². The number of aromatic nitrogens is 2. The van der Waals surface area contributed by atoms with E-state index in [2.05, 4.69) is 20.6 Å². The van der Waals surface area contributed by atoms with E-state index in [1.165, 1.54) is 6.07 Å². The molecule has 0 amide bonds. The van der Waals surface area contributed by atoms with Crippen molar-refractivity contribution in [2.45, 2.75) is 26.3 Å². The van der Waals surface area contributed by atoms with Crippen LogP contribution in [-0.2, 0) is 6.42 Å². The molecule has 0 atom stereocenters. The topological polar surface area (TPSA) is 49.8 Å². The molecule has 4 nitrogen and oxygen atoms in total. The third-order valence-corrected chi connectivity index (χ3v) is 3.87. The van der Waals surface area contributed by atoms with Crippen molar-refractivity contribution in [2.75, 3.05) is 17.2 Å². The van der Waals surface area contributed by atoms with Crippen molar-refractivity contribution in [3.05, 3.63) is 72.0 Å². The van der Waals surface area contributed by atoms with Crippen LogP contribution in [0.5, 0.6) is 0 Å². The molecule has 0 bridgehead atoms. The van der Waals surface area contributed by atoms with Crippen LogP contribution in [-0.4, -0.2) is 22.6 Å². The Morgan fingerprint density at radius 1 is 0.962 bits per heavy atom. The summed E-state index contributed by atoms with van der Waals surface area (Å²) in [5, 5.41) is 6.54. The highest BCUT2D eigenvalue weighted by molar-refractivity contribution is 5.64. The van der Waals surface area contributed by atoms with E-state index in [0.29, 0.717) is 24.5 Å². The van der Waals surface area contributed by atoms with Crippen molar-refractivity contribution in [3.63, 3.8) is 0 Å². The number of hydrogen-bond donors (Lipinski definition) is 2. The molecule has 2 N–H and O–H groups in total. The molecule has 0 aliphatic carbocycles. The molecule has 0 unspecified atom stereocenters. The van der Waals surface area contributed by atoms with Gasteiger partial charge in [0, 0.05) is 24.2 Å². The minimum atomic E-state index is -0.177. The monoisotopic (exact) mass is 350 g/mol. The van der Waals surface area contributed by atoms with Crippen molar-refractivity contribution in [3.8, 4) is 11.3 Å². The maximum absolute atomic E-state index is 13.7. The fourth-order valence-electron chi connectivity index (χ4n) is 2.64. The largest absolute Gasteiger partial charge is 0.370 e. The summed E-state index contributed by atoms with van der Waals surface area (Å²) in [7, 11) is 0. The van der Waals surface area contributed by atoms with Crippen LogP contribution in [0.15, 0.2) is 60.7 Å². The van der Waals surface area contributed by atoms with Gasteiger partial charge in [-0.1, -0.05) is 48.5 Å². The maximum atomic E-state index is 13.7. The van der Waals surface area contributed by atoms with Crippen LogP contribution in [0.2, 0.25) is 0 Å². The van der Waals surface area contributed by atoms with Gasteiger partial charge < -0.3 is 10.6 Å². The lowest BCUT2D eigenvalue weighted by Crippen LogP contribution is -2.14. The Labute approximate surface area is 153 Å². The molecule has 3 aromatic rings. The van der Waals surface area contributed by atoms with Gasteiger partial charge in [-0.2, -0.15) is 4.98 Å². The fourth-order valence-corrected chi connectivity index (χ4v) is 2.64.